The minimum absolute atomic E-state index is 0.0497. The van der Waals surface area contributed by atoms with Gasteiger partial charge in [-0.05, 0) is 61.6 Å². The Labute approximate surface area is 184 Å². The molecule has 0 atom stereocenters. The van der Waals surface area contributed by atoms with Crippen LogP contribution in [0.1, 0.15) is 42.9 Å². The first-order chi connectivity index (χ1) is 15.0. The fourth-order valence-corrected chi connectivity index (χ4v) is 4.63. The number of rotatable bonds is 6. The molecule has 1 N–H and O–H groups in total. The highest BCUT2D eigenvalue weighted by Gasteiger charge is 2.26. The Morgan fingerprint density at radius 2 is 1.97 bits per heavy atom. The van der Waals surface area contributed by atoms with Gasteiger partial charge in [0.15, 0.2) is 0 Å². The minimum Gasteiger partial charge on any atom is -0.495 e. The summed E-state index contributed by atoms with van der Waals surface area (Å²) >= 11 is 6.14. The third-order valence-corrected chi connectivity index (χ3v) is 6.33. The molecule has 1 saturated carbocycles. The number of carbonyl (C=O) groups excluding carboxylic acids is 1. The number of methoxy groups -OCH3 is 1. The lowest BCUT2D eigenvalue weighted by Crippen LogP contribution is -2.35. The van der Waals surface area contributed by atoms with Gasteiger partial charge in [-0.25, -0.2) is 4.79 Å². The van der Waals surface area contributed by atoms with Crippen LogP contribution in [0.4, 0.5) is 0 Å². The van der Waals surface area contributed by atoms with E-state index in [-0.39, 0.29) is 17.8 Å². The number of nitriles is 1. The zero-order valence-electron chi connectivity index (χ0n) is 17.2. The van der Waals surface area contributed by atoms with Gasteiger partial charge < -0.3 is 10.1 Å². The minimum atomic E-state index is -0.106. The molecular weight excluding hydrogens is 416 g/mol. The molecule has 0 unspecified atom stereocenters. The largest absolute Gasteiger partial charge is 0.495 e. The second kappa shape index (κ2) is 8.86. The number of amides is 1. The number of nitrogens with one attached hydrogen (secondary N) is 1. The number of carbonyl (C=O) groups is 1. The molecule has 1 aliphatic rings. The number of halogens is 1. The van der Waals surface area contributed by atoms with Crippen molar-refractivity contribution in [3.63, 3.8) is 0 Å². The van der Waals surface area contributed by atoms with E-state index in [1.807, 2.05) is 22.8 Å². The molecule has 8 heteroatoms. The van der Waals surface area contributed by atoms with Gasteiger partial charge >= 0.3 is 5.69 Å². The first-order valence-corrected chi connectivity index (χ1v) is 10.6. The maximum atomic E-state index is 13.5. The predicted molar refractivity (Wildman–Crippen MR) is 119 cm³/mol. The van der Waals surface area contributed by atoms with Crippen molar-refractivity contribution in [2.75, 3.05) is 7.11 Å². The Hall–Kier alpha value is -3.24. The lowest BCUT2D eigenvalue weighted by atomic mass is 9.91. The van der Waals surface area contributed by atoms with E-state index in [0.29, 0.717) is 22.9 Å². The molecule has 160 valence electrons. The van der Waals surface area contributed by atoms with Crippen molar-refractivity contribution in [3.05, 3.63) is 63.0 Å². The van der Waals surface area contributed by atoms with Gasteiger partial charge in [0.1, 0.15) is 5.75 Å². The van der Waals surface area contributed by atoms with E-state index >= 15 is 0 Å². The summed E-state index contributed by atoms with van der Waals surface area (Å²) in [4.78, 5) is 24.3. The number of imidazole rings is 1. The SMILES string of the molecule is COc1cc(Cn2c(=O)n(C3CCC(NC=O)CC3)c3ccc(C#N)cc32)ccc1Cl. The number of hydrogen-bond acceptors (Lipinski definition) is 4. The van der Waals surface area contributed by atoms with E-state index in [9.17, 15) is 14.9 Å². The Morgan fingerprint density at radius 3 is 2.65 bits per heavy atom. The fraction of sp³-hybridized carbons (Fsp3) is 0.348. The fourth-order valence-electron chi connectivity index (χ4n) is 4.44. The van der Waals surface area contributed by atoms with Crippen LogP contribution in [0.25, 0.3) is 11.0 Å². The zero-order valence-corrected chi connectivity index (χ0v) is 17.9. The number of ether oxygens (including phenoxy) is 1. The molecule has 0 spiro atoms. The van der Waals surface area contributed by atoms with Gasteiger partial charge in [0.2, 0.25) is 6.41 Å². The molecule has 0 saturated heterocycles. The average Bonchev–Trinajstić information content (AvgIpc) is 3.06. The summed E-state index contributed by atoms with van der Waals surface area (Å²) in [5, 5.41) is 12.7. The normalized spacial score (nSPS) is 18.5. The van der Waals surface area contributed by atoms with Crippen LogP contribution in [0.5, 0.6) is 5.75 Å². The number of hydrogen-bond donors (Lipinski definition) is 1. The molecular formula is C23H23ClN4O3. The standard InChI is InChI=1S/C23H23ClN4O3/c1-31-22-11-16(2-8-19(22)24)13-27-21-10-15(12-25)3-9-20(21)28(23(27)30)18-6-4-17(5-7-18)26-14-29/h2-3,8-11,14,17-18H,4-7,13H2,1H3,(H,26,29). The van der Waals surface area contributed by atoms with Crippen molar-refractivity contribution < 1.29 is 9.53 Å². The monoisotopic (exact) mass is 438 g/mol. The second-order valence-electron chi connectivity index (χ2n) is 7.81. The molecule has 2 aromatic carbocycles. The Kier molecular flexibility index (Phi) is 6.01. The van der Waals surface area contributed by atoms with Crippen LogP contribution in [-0.4, -0.2) is 28.7 Å². The van der Waals surface area contributed by atoms with E-state index in [2.05, 4.69) is 11.4 Å². The van der Waals surface area contributed by atoms with Crippen LogP contribution in [0.3, 0.4) is 0 Å². The highest BCUT2D eigenvalue weighted by atomic mass is 35.5. The molecule has 1 aromatic heterocycles. The van der Waals surface area contributed by atoms with E-state index in [1.54, 1.807) is 29.9 Å². The van der Waals surface area contributed by atoms with Gasteiger partial charge in [-0.3, -0.25) is 13.9 Å². The summed E-state index contributed by atoms with van der Waals surface area (Å²) in [6.45, 7) is 0.340. The van der Waals surface area contributed by atoms with E-state index < -0.39 is 0 Å². The molecule has 1 amide bonds. The molecule has 1 fully saturated rings. The van der Waals surface area contributed by atoms with Crippen LogP contribution in [0, 0.1) is 11.3 Å². The summed E-state index contributed by atoms with van der Waals surface area (Å²) in [5.74, 6) is 0.551. The molecule has 0 aliphatic heterocycles. The van der Waals surface area contributed by atoms with Crippen LogP contribution in [0.15, 0.2) is 41.2 Å². The summed E-state index contributed by atoms with van der Waals surface area (Å²) < 4.78 is 8.86. The first-order valence-electron chi connectivity index (χ1n) is 10.2. The van der Waals surface area contributed by atoms with E-state index in [4.69, 9.17) is 16.3 Å². The van der Waals surface area contributed by atoms with Gasteiger partial charge in [0.05, 0.1) is 41.3 Å². The highest BCUT2D eigenvalue weighted by Crippen LogP contribution is 2.31. The van der Waals surface area contributed by atoms with Crippen LogP contribution >= 0.6 is 11.6 Å². The molecule has 4 rings (SSSR count). The van der Waals surface area contributed by atoms with Crippen molar-refractivity contribution in [1.82, 2.24) is 14.5 Å². The van der Waals surface area contributed by atoms with Gasteiger partial charge in [-0.1, -0.05) is 17.7 Å². The maximum Gasteiger partial charge on any atom is 0.329 e. The average molecular weight is 439 g/mol. The molecule has 0 radical (unpaired) electrons. The van der Waals surface area contributed by atoms with Crippen molar-refractivity contribution in [3.8, 4) is 11.8 Å². The third kappa shape index (κ3) is 4.04. The lowest BCUT2D eigenvalue weighted by Gasteiger charge is -2.28. The number of benzene rings is 2. The van der Waals surface area contributed by atoms with Crippen LogP contribution in [0.2, 0.25) is 5.02 Å². The number of nitrogens with zero attached hydrogens (tertiary/aromatic N) is 3. The Morgan fingerprint density at radius 1 is 1.19 bits per heavy atom. The predicted octanol–water partition coefficient (Wildman–Crippen LogP) is 3.61. The number of fused-ring (bicyclic) bond motifs is 1. The number of aromatic nitrogens is 2. The third-order valence-electron chi connectivity index (χ3n) is 6.01. The molecule has 1 heterocycles. The van der Waals surface area contributed by atoms with Crippen molar-refractivity contribution in [1.29, 1.82) is 5.26 Å². The van der Waals surface area contributed by atoms with Crippen molar-refractivity contribution in [2.45, 2.75) is 44.3 Å². The highest BCUT2D eigenvalue weighted by molar-refractivity contribution is 6.32. The van der Waals surface area contributed by atoms with Crippen molar-refractivity contribution >= 4 is 29.0 Å². The Balaban J connectivity index is 1.77. The molecule has 1 aliphatic carbocycles. The summed E-state index contributed by atoms with van der Waals surface area (Å²) in [7, 11) is 1.55. The topological polar surface area (TPSA) is 89.0 Å². The lowest BCUT2D eigenvalue weighted by molar-refractivity contribution is -0.110. The van der Waals surface area contributed by atoms with Gasteiger partial charge in [0.25, 0.3) is 0 Å². The summed E-state index contributed by atoms with van der Waals surface area (Å²) in [6, 6.07) is 13.2. The quantitative estimate of drug-likeness (QED) is 0.595. The van der Waals surface area contributed by atoms with Crippen molar-refractivity contribution in [2.24, 2.45) is 0 Å². The van der Waals surface area contributed by atoms with Gasteiger partial charge in [0, 0.05) is 12.1 Å². The van der Waals surface area contributed by atoms with E-state index in [1.165, 1.54) is 0 Å². The van der Waals surface area contributed by atoms with Gasteiger partial charge in [-0.2, -0.15) is 5.26 Å². The first kappa shape index (κ1) is 21.0. The summed E-state index contributed by atoms with van der Waals surface area (Å²) in [6.07, 6.45) is 4.01. The molecule has 31 heavy (non-hydrogen) atoms. The molecule has 3 aromatic rings. The Bertz CT molecular complexity index is 1220. The molecule has 0 bridgehead atoms. The van der Waals surface area contributed by atoms with E-state index in [0.717, 1.165) is 48.7 Å². The maximum absolute atomic E-state index is 13.5. The zero-order chi connectivity index (χ0) is 22.0. The second-order valence-corrected chi connectivity index (χ2v) is 8.22. The van der Waals surface area contributed by atoms with Crippen LogP contribution in [-0.2, 0) is 11.3 Å². The summed E-state index contributed by atoms with van der Waals surface area (Å²) in [5.41, 5.74) is 2.82. The smallest absolute Gasteiger partial charge is 0.329 e. The van der Waals surface area contributed by atoms with Crippen LogP contribution < -0.4 is 15.7 Å². The molecule has 7 nitrogen and oxygen atoms in total. The van der Waals surface area contributed by atoms with Gasteiger partial charge in [-0.15, -0.1) is 0 Å².